The predicted molar refractivity (Wildman–Crippen MR) is 77.4 cm³/mol. The molecule has 0 atom stereocenters. The quantitative estimate of drug-likeness (QED) is 0.677. The van der Waals surface area contributed by atoms with Crippen molar-refractivity contribution in [1.29, 1.82) is 0 Å². The molecule has 0 amide bonds. The van der Waals surface area contributed by atoms with Gasteiger partial charge in [0.15, 0.2) is 5.78 Å². The lowest BCUT2D eigenvalue weighted by Gasteiger charge is -2.05. The van der Waals surface area contributed by atoms with Gasteiger partial charge in [-0.05, 0) is 42.8 Å². The highest BCUT2D eigenvalue weighted by Gasteiger charge is 2.12. The smallest absolute Gasteiger partial charge is 0.338 e. The second-order valence-electron chi connectivity index (χ2n) is 4.46. The number of phenolic OH excluding ortho intramolecular Hbond substituents is 1. The topological polar surface area (TPSA) is 63.6 Å². The molecule has 0 saturated heterocycles. The number of carbonyl (C=O) groups excluding carboxylic acids is 2. The zero-order chi connectivity index (χ0) is 15.2. The van der Waals surface area contributed by atoms with Crippen molar-refractivity contribution < 1.29 is 19.4 Å². The van der Waals surface area contributed by atoms with Gasteiger partial charge in [-0.15, -0.1) is 0 Å². The van der Waals surface area contributed by atoms with Crippen LogP contribution in [0, 0.1) is 6.07 Å². The molecule has 1 N–H and O–H groups in total. The van der Waals surface area contributed by atoms with Crippen LogP contribution in [-0.2, 0) is 11.2 Å². The van der Waals surface area contributed by atoms with Gasteiger partial charge in [0.2, 0.25) is 0 Å². The zero-order valence-corrected chi connectivity index (χ0v) is 11.6. The molecule has 0 saturated carbocycles. The van der Waals surface area contributed by atoms with Crippen molar-refractivity contribution >= 4 is 11.8 Å². The van der Waals surface area contributed by atoms with E-state index in [9.17, 15) is 14.7 Å². The number of hydrogen-bond acceptors (Lipinski definition) is 4. The maximum atomic E-state index is 12.1. The summed E-state index contributed by atoms with van der Waals surface area (Å²) < 4.78 is 4.89. The molecule has 2 aromatic carbocycles. The lowest BCUT2D eigenvalue weighted by Crippen LogP contribution is -2.06. The first-order chi connectivity index (χ1) is 10.1. The van der Waals surface area contributed by atoms with Crippen LogP contribution in [0.3, 0.4) is 0 Å². The van der Waals surface area contributed by atoms with Gasteiger partial charge in [-0.3, -0.25) is 4.79 Å². The number of ketones is 1. The number of benzene rings is 2. The van der Waals surface area contributed by atoms with Crippen LogP contribution >= 0.6 is 0 Å². The molecule has 4 nitrogen and oxygen atoms in total. The summed E-state index contributed by atoms with van der Waals surface area (Å²) in [5.74, 6) is -0.638. The van der Waals surface area contributed by atoms with E-state index in [-0.39, 0.29) is 29.5 Å². The second-order valence-corrected chi connectivity index (χ2v) is 4.46. The standard InChI is InChI=1S/C17H15O4/c1-2-21-17(20)13-9-7-12(8-10-13)11-16(19)14-5-3-4-6-15(14)18/h4-10,18H,2,11H2,1H3. The second kappa shape index (κ2) is 6.70. The van der Waals surface area contributed by atoms with Gasteiger partial charge in [-0.1, -0.05) is 18.2 Å². The molecule has 4 heteroatoms. The van der Waals surface area contributed by atoms with Crippen LogP contribution < -0.4 is 0 Å². The third-order valence-electron chi connectivity index (χ3n) is 2.97. The van der Waals surface area contributed by atoms with Crippen LogP contribution in [0.2, 0.25) is 0 Å². The average molecular weight is 283 g/mol. The maximum absolute atomic E-state index is 12.1. The van der Waals surface area contributed by atoms with Gasteiger partial charge in [0.25, 0.3) is 0 Å². The third kappa shape index (κ3) is 3.69. The Morgan fingerprint density at radius 2 is 1.90 bits per heavy atom. The van der Waals surface area contributed by atoms with E-state index in [1.165, 1.54) is 12.1 Å². The molecule has 0 aliphatic carbocycles. The minimum atomic E-state index is -0.384. The Kier molecular flexibility index (Phi) is 4.72. The molecular formula is C17H15O4. The minimum absolute atomic E-state index is 0.0538. The third-order valence-corrected chi connectivity index (χ3v) is 2.97. The number of aromatic hydroxyl groups is 1. The number of esters is 1. The maximum Gasteiger partial charge on any atom is 0.338 e. The molecule has 21 heavy (non-hydrogen) atoms. The first-order valence-electron chi connectivity index (χ1n) is 6.60. The number of Topliss-reactive ketones (excluding diaryl/α,β-unsaturated/α-hetero) is 1. The molecule has 2 rings (SSSR count). The van der Waals surface area contributed by atoms with Gasteiger partial charge in [0.05, 0.1) is 17.7 Å². The van der Waals surface area contributed by atoms with E-state index in [2.05, 4.69) is 6.07 Å². The van der Waals surface area contributed by atoms with Gasteiger partial charge in [-0.25, -0.2) is 4.79 Å². The summed E-state index contributed by atoms with van der Waals surface area (Å²) in [4.78, 5) is 23.6. The molecule has 0 fully saturated rings. The molecule has 0 aliphatic rings. The number of phenols is 1. The van der Waals surface area contributed by atoms with Crippen molar-refractivity contribution in [3.8, 4) is 5.75 Å². The fourth-order valence-corrected chi connectivity index (χ4v) is 1.90. The van der Waals surface area contributed by atoms with Crippen LogP contribution in [0.15, 0.2) is 42.5 Å². The average Bonchev–Trinajstić information content (AvgIpc) is 2.48. The van der Waals surface area contributed by atoms with Crippen LogP contribution in [0.25, 0.3) is 0 Å². The van der Waals surface area contributed by atoms with Crippen molar-refractivity contribution in [1.82, 2.24) is 0 Å². The molecule has 1 radical (unpaired) electrons. The summed E-state index contributed by atoms with van der Waals surface area (Å²) in [6.45, 7) is 2.07. The van der Waals surface area contributed by atoms with E-state index >= 15 is 0 Å². The first-order valence-corrected chi connectivity index (χ1v) is 6.60. The van der Waals surface area contributed by atoms with Crippen LogP contribution in [-0.4, -0.2) is 23.5 Å². The Morgan fingerprint density at radius 1 is 1.19 bits per heavy atom. The highest BCUT2D eigenvalue weighted by molar-refractivity contribution is 5.99. The van der Waals surface area contributed by atoms with Crippen LogP contribution in [0.4, 0.5) is 0 Å². The molecule has 0 unspecified atom stereocenters. The predicted octanol–water partition coefficient (Wildman–Crippen LogP) is 2.79. The van der Waals surface area contributed by atoms with E-state index in [1.54, 1.807) is 37.3 Å². The SMILES string of the molecule is CCOC(=O)c1ccc(CC(=O)c2c[c]ccc2O)cc1. The Bertz CT molecular complexity index is 644. The summed E-state index contributed by atoms with van der Waals surface area (Å²) in [6, 6.07) is 13.8. The van der Waals surface area contributed by atoms with Crippen LogP contribution in [0.5, 0.6) is 5.75 Å². The van der Waals surface area contributed by atoms with Gasteiger partial charge >= 0.3 is 5.97 Å². The Morgan fingerprint density at radius 3 is 2.52 bits per heavy atom. The summed E-state index contributed by atoms with van der Waals surface area (Å²) in [7, 11) is 0. The molecule has 0 aromatic heterocycles. The highest BCUT2D eigenvalue weighted by Crippen LogP contribution is 2.18. The molecule has 2 aromatic rings. The summed E-state index contributed by atoms with van der Waals surface area (Å²) in [5.41, 5.74) is 1.45. The fraction of sp³-hybridized carbons (Fsp3) is 0.176. The molecule has 0 spiro atoms. The van der Waals surface area contributed by atoms with E-state index < -0.39 is 0 Å². The van der Waals surface area contributed by atoms with Gasteiger partial charge in [-0.2, -0.15) is 0 Å². The van der Waals surface area contributed by atoms with E-state index in [0.29, 0.717) is 12.2 Å². The summed E-state index contributed by atoms with van der Waals surface area (Å²) in [5, 5.41) is 9.63. The molecule has 0 heterocycles. The van der Waals surface area contributed by atoms with E-state index in [1.807, 2.05) is 0 Å². The largest absolute Gasteiger partial charge is 0.507 e. The van der Waals surface area contributed by atoms with Crippen molar-refractivity contribution in [3.05, 3.63) is 65.2 Å². The molecule has 0 bridgehead atoms. The minimum Gasteiger partial charge on any atom is -0.507 e. The van der Waals surface area contributed by atoms with Crippen molar-refractivity contribution in [2.45, 2.75) is 13.3 Å². The number of rotatable bonds is 5. The van der Waals surface area contributed by atoms with Gasteiger partial charge in [0.1, 0.15) is 5.75 Å². The Balaban J connectivity index is 2.09. The summed E-state index contributed by atoms with van der Waals surface area (Å²) in [6.07, 6.45) is 0.147. The lowest BCUT2D eigenvalue weighted by atomic mass is 10.0. The summed E-state index contributed by atoms with van der Waals surface area (Å²) >= 11 is 0. The number of hydrogen-bond donors (Lipinski definition) is 1. The van der Waals surface area contributed by atoms with Gasteiger partial charge < -0.3 is 9.84 Å². The zero-order valence-electron chi connectivity index (χ0n) is 11.6. The van der Waals surface area contributed by atoms with Crippen LogP contribution in [0.1, 0.15) is 33.2 Å². The molecule has 0 aliphatic heterocycles. The number of carbonyl (C=O) groups is 2. The Labute approximate surface area is 123 Å². The first kappa shape index (κ1) is 14.8. The van der Waals surface area contributed by atoms with Crippen molar-refractivity contribution in [2.75, 3.05) is 6.61 Å². The van der Waals surface area contributed by atoms with E-state index in [4.69, 9.17) is 4.74 Å². The lowest BCUT2D eigenvalue weighted by molar-refractivity contribution is 0.0526. The van der Waals surface area contributed by atoms with Crippen molar-refractivity contribution in [3.63, 3.8) is 0 Å². The normalized spacial score (nSPS) is 10.1. The number of ether oxygens (including phenoxy) is 1. The monoisotopic (exact) mass is 283 g/mol. The van der Waals surface area contributed by atoms with Crippen molar-refractivity contribution in [2.24, 2.45) is 0 Å². The van der Waals surface area contributed by atoms with Gasteiger partial charge in [0, 0.05) is 6.42 Å². The molecule has 107 valence electrons. The molecular weight excluding hydrogens is 268 g/mol. The Hall–Kier alpha value is -2.62. The van der Waals surface area contributed by atoms with E-state index in [0.717, 1.165) is 5.56 Å². The fourth-order valence-electron chi connectivity index (χ4n) is 1.90. The highest BCUT2D eigenvalue weighted by atomic mass is 16.5.